The van der Waals surface area contributed by atoms with Crippen molar-refractivity contribution < 1.29 is 9.18 Å². The lowest BCUT2D eigenvalue weighted by Crippen LogP contribution is -2.48. The molecule has 0 spiro atoms. The molecule has 1 aliphatic rings. The molecule has 1 amide bonds. The van der Waals surface area contributed by atoms with E-state index in [-0.39, 0.29) is 11.5 Å². The Labute approximate surface area is 143 Å². The van der Waals surface area contributed by atoms with Gasteiger partial charge in [-0.05, 0) is 29.8 Å². The molecule has 3 rings (SSSR count). The Morgan fingerprint density at radius 2 is 1.65 bits per heavy atom. The van der Waals surface area contributed by atoms with Gasteiger partial charge in [0.2, 0.25) is 0 Å². The number of benzene rings is 2. The first-order chi connectivity index (χ1) is 11.1. The lowest BCUT2D eigenvalue weighted by Gasteiger charge is -2.34. The molecule has 5 heteroatoms. The highest BCUT2D eigenvalue weighted by Gasteiger charge is 2.23. The predicted molar refractivity (Wildman–Crippen MR) is 91.7 cm³/mol. The van der Waals surface area contributed by atoms with E-state index < -0.39 is 5.82 Å². The van der Waals surface area contributed by atoms with Gasteiger partial charge in [0, 0.05) is 37.2 Å². The van der Waals surface area contributed by atoms with E-state index in [1.165, 1.54) is 11.6 Å². The average molecular weight is 377 g/mol. The van der Waals surface area contributed by atoms with Gasteiger partial charge in [0.25, 0.3) is 5.91 Å². The molecule has 1 fully saturated rings. The lowest BCUT2D eigenvalue weighted by molar-refractivity contribution is 0.0624. The van der Waals surface area contributed by atoms with Crippen LogP contribution in [-0.2, 0) is 6.54 Å². The third-order valence-corrected chi connectivity index (χ3v) is 4.61. The zero-order valence-corrected chi connectivity index (χ0v) is 14.3. The van der Waals surface area contributed by atoms with Crippen LogP contribution < -0.4 is 0 Å². The number of carbonyl (C=O) groups excluding carboxylic acids is 1. The van der Waals surface area contributed by atoms with Crippen molar-refractivity contribution >= 4 is 21.8 Å². The standard InChI is InChI=1S/C18H18BrFN2O/c19-15-7-5-14(6-8-15)13-21-9-11-22(12-10-21)18(23)16-3-1-2-4-17(16)20/h1-8H,9-13H2. The van der Waals surface area contributed by atoms with Crippen LogP contribution in [0.3, 0.4) is 0 Å². The molecular formula is C18H18BrFN2O. The van der Waals surface area contributed by atoms with Gasteiger partial charge >= 0.3 is 0 Å². The van der Waals surface area contributed by atoms with E-state index in [1.807, 2.05) is 12.1 Å². The van der Waals surface area contributed by atoms with Crippen molar-refractivity contribution in [2.45, 2.75) is 6.54 Å². The van der Waals surface area contributed by atoms with Gasteiger partial charge in [0.15, 0.2) is 0 Å². The zero-order valence-electron chi connectivity index (χ0n) is 12.7. The summed E-state index contributed by atoms with van der Waals surface area (Å²) < 4.78 is 14.8. The van der Waals surface area contributed by atoms with Crippen molar-refractivity contribution in [3.8, 4) is 0 Å². The van der Waals surface area contributed by atoms with Gasteiger partial charge in [0.05, 0.1) is 5.56 Å². The van der Waals surface area contributed by atoms with Crippen molar-refractivity contribution in [3.05, 3.63) is 69.9 Å². The topological polar surface area (TPSA) is 23.6 Å². The van der Waals surface area contributed by atoms with E-state index >= 15 is 0 Å². The monoisotopic (exact) mass is 376 g/mol. The third-order valence-electron chi connectivity index (χ3n) is 4.08. The van der Waals surface area contributed by atoms with Gasteiger partial charge in [-0.3, -0.25) is 9.69 Å². The molecule has 23 heavy (non-hydrogen) atoms. The van der Waals surface area contributed by atoms with E-state index in [9.17, 15) is 9.18 Å². The quantitative estimate of drug-likeness (QED) is 0.817. The molecular weight excluding hydrogens is 359 g/mol. The maximum atomic E-state index is 13.7. The van der Waals surface area contributed by atoms with E-state index in [0.29, 0.717) is 13.1 Å². The normalized spacial score (nSPS) is 15.7. The van der Waals surface area contributed by atoms with Gasteiger partial charge in [-0.25, -0.2) is 4.39 Å². The summed E-state index contributed by atoms with van der Waals surface area (Å²) in [4.78, 5) is 16.4. The van der Waals surface area contributed by atoms with Gasteiger partial charge < -0.3 is 4.90 Å². The van der Waals surface area contributed by atoms with Crippen molar-refractivity contribution in [2.75, 3.05) is 26.2 Å². The summed E-state index contributed by atoms with van der Waals surface area (Å²) in [5, 5.41) is 0. The number of hydrogen-bond acceptors (Lipinski definition) is 2. The third kappa shape index (κ3) is 3.98. The Balaban J connectivity index is 1.57. The minimum absolute atomic E-state index is 0.161. The first-order valence-electron chi connectivity index (χ1n) is 7.64. The minimum atomic E-state index is -0.449. The van der Waals surface area contributed by atoms with Gasteiger partial charge in [-0.2, -0.15) is 0 Å². The van der Waals surface area contributed by atoms with Gasteiger partial charge in [-0.15, -0.1) is 0 Å². The summed E-state index contributed by atoms with van der Waals surface area (Å²) >= 11 is 3.43. The van der Waals surface area contributed by atoms with Crippen molar-refractivity contribution in [1.29, 1.82) is 0 Å². The average Bonchev–Trinajstić information content (AvgIpc) is 2.57. The molecule has 0 atom stereocenters. The molecule has 3 nitrogen and oxygen atoms in total. The molecule has 0 aromatic heterocycles. The highest BCUT2D eigenvalue weighted by molar-refractivity contribution is 9.10. The van der Waals surface area contributed by atoms with Crippen LogP contribution in [0.4, 0.5) is 4.39 Å². The molecule has 0 radical (unpaired) electrons. The SMILES string of the molecule is O=C(c1ccccc1F)N1CCN(Cc2ccc(Br)cc2)CC1. The van der Waals surface area contributed by atoms with Crippen LogP contribution in [0.2, 0.25) is 0 Å². The van der Waals surface area contributed by atoms with E-state index in [2.05, 4.69) is 33.0 Å². The smallest absolute Gasteiger partial charge is 0.256 e. The zero-order chi connectivity index (χ0) is 16.2. The Morgan fingerprint density at radius 1 is 1.00 bits per heavy atom. The van der Waals surface area contributed by atoms with Crippen LogP contribution in [0.25, 0.3) is 0 Å². The number of amides is 1. The second kappa shape index (κ2) is 7.23. The maximum Gasteiger partial charge on any atom is 0.256 e. The molecule has 1 aliphatic heterocycles. The Morgan fingerprint density at radius 3 is 2.30 bits per heavy atom. The number of hydrogen-bond donors (Lipinski definition) is 0. The second-order valence-electron chi connectivity index (χ2n) is 5.67. The Bertz CT molecular complexity index is 682. The summed E-state index contributed by atoms with van der Waals surface area (Å²) in [7, 11) is 0. The molecule has 2 aromatic rings. The van der Waals surface area contributed by atoms with E-state index in [1.54, 1.807) is 23.1 Å². The maximum absolute atomic E-state index is 13.7. The Hall–Kier alpha value is -1.72. The van der Waals surface area contributed by atoms with Gasteiger partial charge in [-0.1, -0.05) is 40.2 Å². The number of nitrogens with zero attached hydrogens (tertiary/aromatic N) is 2. The fraction of sp³-hybridized carbons (Fsp3) is 0.278. The van der Waals surface area contributed by atoms with Gasteiger partial charge in [0.1, 0.15) is 5.82 Å². The number of carbonyl (C=O) groups is 1. The highest BCUT2D eigenvalue weighted by atomic mass is 79.9. The predicted octanol–water partition coefficient (Wildman–Crippen LogP) is 3.55. The number of halogens is 2. The minimum Gasteiger partial charge on any atom is -0.336 e. The molecule has 1 saturated heterocycles. The molecule has 2 aromatic carbocycles. The summed E-state index contributed by atoms with van der Waals surface area (Å²) in [6, 6.07) is 14.4. The fourth-order valence-corrected chi connectivity index (χ4v) is 3.03. The van der Waals surface area contributed by atoms with Crippen molar-refractivity contribution in [2.24, 2.45) is 0 Å². The van der Waals surface area contributed by atoms with Crippen LogP contribution in [0.1, 0.15) is 15.9 Å². The molecule has 1 heterocycles. The molecule has 120 valence electrons. The molecule has 0 aliphatic carbocycles. The lowest BCUT2D eigenvalue weighted by atomic mass is 10.1. The Kier molecular flexibility index (Phi) is 5.08. The number of piperazine rings is 1. The van der Waals surface area contributed by atoms with Crippen molar-refractivity contribution in [3.63, 3.8) is 0 Å². The summed E-state index contributed by atoms with van der Waals surface area (Å²) in [5.41, 5.74) is 1.41. The number of rotatable bonds is 3. The highest BCUT2D eigenvalue weighted by Crippen LogP contribution is 2.15. The summed E-state index contributed by atoms with van der Waals surface area (Å²) in [6.07, 6.45) is 0. The summed E-state index contributed by atoms with van der Waals surface area (Å²) in [5.74, 6) is -0.666. The first-order valence-corrected chi connectivity index (χ1v) is 8.43. The summed E-state index contributed by atoms with van der Waals surface area (Å²) in [6.45, 7) is 3.73. The van der Waals surface area contributed by atoms with Crippen LogP contribution >= 0.6 is 15.9 Å². The molecule has 0 unspecified atom stereocenters. The van der Waals surface area contributed by atoms with E-state index in [0.717, 1.165) is 24.1 Å². The largest absolute Gasteiger partial charge is 0.336 e. The van der Waals surface area contributed by atoms with Crippen LogP contribution in [0.5, 0.6) is 0 Å². The van der Waals surface area contributed by atoms with E-state index in [4.69, 9.17) is 0 Å². The van der Waals surface area contributed by atoms with Crippen LogP contribution in [-0.4, -0.2) is 41.9 Å². The van der Waals surface area contributed by atoms with Crippen LogP contribution in [0, 0.1) is 5.82 Å². The second-order valence-corrected chi connectivity index (χ2v) is 6.59. The molecule has 0 N–H and O–H groups in total. The van der Waals surface area contributed by atoms with Crippen LogP contribution in [0.15, 0.2) is 53.0 Å². The first kappa shape index (κ1) is 16.1. The van der Waals surface area contributed by atoms with Crippen molar-refractivity contribution in [1.82, 2.24) is 9.80 Å². The molecule has 0 bridgehead atoms. The molecule has 0 saturated carbocycles. The fourth-order valence-electron chi connectivity index (χ4n) is 2.76.